The van der Waals surface area contributed by atoms with E-state index in [0.29, 0.717) is 0 Å². The molecule has 0 saturated carbocycles. The van der Waals surface area contributed by atoms with E-state index in [1.54, 1.807) is 0 Å². The lowest BCUT2D eigenvalue weighted by atomic mass is 10.6. The summed E-state index contributed by atoms with van der Waals surface area (Å²) in [6.07, 6.45) is 0. The molecule has 1 aromatic rings. The molecule has 0 fully saturated rings. The van der Waals surface area contributed by atoms with Gasteiger partial charge in [0.05, 0.1) is 5.02 Å². The van der Waals surface area contributed by atoms with Crippen molar-refractivity contribution in [2.45, 2.75) is 0 Å². The minimum atomic E-state index is -0.0378. The molecule has 44 valence electrons. The Morgan fingerprint density at radius 3 is 2.25 bits per heavy atom. The van der Waals surface area contributed by atoms with Crippen LogP contribution in [0.3, 0.4) is 0 Å². The van der Waals surface area contributed by atoms with E-state index in [9.17, 15) is 0 Å². The molecule has 0 unspecified atom stereocenters. The topological polar surface area (TPSA) is 40.5 Å². The summed E-state index contributed by atoms with van der Waals surface area (Å²) in [7, 11) is 0. The lowest BCUT2D eigenvalue weighted by molar-refractivity contribution is 0.488. The second-order valence-electron chi connectivity index (χ2n) is 1.24. The molecule has 2 N–H and O–H groups in total. The van der Waals surface area contributed by atoms with Gasteiger partial charge >= 0.3 is 0 Å². The van der Waals surface area contributed by atoms with Crippen molar-refractivity contribution in [1.29, 1.82) is 0 Å². The van der Waals surface area contributed by atoms with Crippen LogP contribution in [0.5, 0.6) is 10.1 Å². The Hall–Kier alpha value is -0.410. The van der Waals surface area contributed by atoms with Gasteiger partial charge in [0, 0.05) is 6.07 Å². The van der Waals surface area contributed by atoms with Crippen LogP contribution in [0.15, 0.2) is 6.07 Å². The molecule has 1 rings (SSSR count). The van der Waals surface area contributed by atoms with E-state index < -0.39 is 0 Å². The summed E-state index contributed by atoms with van der Waals surface area (Å²) in [4.78, 5) is 0. The van der Waals surface area contributed by atoms with Crippen molar-refractivity contribution in [2.24, 2.45) is 0 Å². The first-order valence-corrected chi connectivity index (χ1v) is 3.07. The fourth-order valence-corrected chi connectivity index (χ4v) is 1.16. The van der Waals surface area contributed by atoms with Gasteiger partial charge in [-0.25, -0.2) is 0 Å². The molecule has 0 atom stereocenters. The number of aromatic hydroxyl groups is 2. The quantitative estimate of drug-likeness (QED) is 0.592. The van der Waals surface area contributed by atoms with E-state index in [4.69, 9.17) is 21.8 Å². The highest BCUT2D eigenvalue weighted by atomic mass is 35.5. The van der Waals surface area contributed by atoms with E-state index in [2.05, 4.69) is 0 Å². The second-order valence-corrected chi connectivity index (χ2v) is 2.65. The molecule has 0 radical (unpaired) electrons. The summed E-state index contributed by atoms with van der Waals surface area (Å²) >= 11 is 6.18. The number of halogens is 1. The van der Waals surface area contributed by atoms with E-state index in [0.717, 1.165) is 11.3 Å². The molecule has 0 aromatic carbocycles. The largest absolute Gasteiger partial charge is 0.499 e. The molecule has 1 heterocycles. The summed E-state index contributed by atoms with van der Waals surface area (Å²) in [6, 6.07) is 1.29. The van der Waals surface area contributed by atoms with Crippen LogP contribution >= 0.6 is 22.9 Å². The van der Waals surface area contributed by atoms with E-state index in [-0.39, 0.29) is 15.1 Å². The summed E-state index contributed by atoms with van der Waals surface area (Å²) in [5.74, 6) is 0. The van der Waals surface area contributed by atoms with Gasteiger partial charge in [-0.1, -0.05) is 22.9 Å². The fourth-order valence-electron chi connectivity index (χ4n) is 0.347. The summed E-state index contributed by atoms with van der Waals surface area (Å²) in [6.45, 7) is 0. The van der Waals surface area contributed by atoms with Crippen LogP contribution in [-0.2, 0) is 0 Å². The molecule has 2 nitrogen and oxygen atoms in total. The van der Waals surface area contributed by atoms with Gasteiger partial charge < -0.3 is 10.2 Å². The smallest absolute Gasteiger partial charge is 0.193 e. The van der Waals surface area contributed by atoms with Gasteiger partial charge in [-0.3, -0.25) is 0 Å². The zero-order chi connectivity index (χ0) is 6.15. The van der Waals surface area contributed by atoms with Crippen molar-refractivity contribution < 1.29 is 10.2 Å². The van der Waals surface area contributed by atoms with E-state index in [1.165, 1.54) is 6.07 Å². The highest BCUT2D eigenvalue weighted by molar-refractivity contribution is 7.16. The van der Waals surface area contributed by atoms with E-state index in [1.807, 2.05) is 0 Å². The lowest BCUT2D eigenvalue weighted by Crippen LogP contribution is -1.46. The average molecular weight is 151 g/mol. The highest BCUT2D eigenvalue weighted by Gasteiger charge is 2.01. The van der Waals surface area contributed by atoms with Gasteiger partial charge in [0.1, 0.15) is 0 Å². The monoisotopic (exact) mass is 150 g/mol. The van der Waals surface area contributed by atoms with Crippen molar-refractivity contribution in [3.05, 3.63) is 11.1 Å². The molecule has 4 heteroatoms. The first-order chi connectivity index (χ1) is 3.70. The number of thiophene rings is 1. The van der Waals surface area contributed by atoms with Crippen LogP contribution in [0.2, 0.25) is 5.02 Å². The van der Waals surface area contributed by atoms with E-state index >= 15 is 0 Å². The standard InChI is InChI=1S/C4H3ClO2S/c5-2-1-3(6)8-4(2)7/h1,6-7H. The molecule has 0 amide bonds. The fraction of sp³-hybridized carbons (Fsp3) is 0. The predicted octanol–water partition coefficient (Wildman–Crippen LogP) is 1.81. The molecule has 0 aliphatic rings. The molecule has 0 aliphatic carbocycles. The molecule has 0 bridgehead atoms. The minimum absolute atomic E-state index is 0.0347. The average Bonchev–Trinajstić information content (AvgIpc) is 1.85. The van der Waals surface area contributed by atoms with Gasteiger partial charge in [-0.05, 0) is 0 Å². The van der Waals surface area contributed by atoms with Crippen LogP contribution in [0, 0.1) is 0 Å². The third-order valence-corrected chi connectivity index (χ3v) is 1.80. The lowest BCUT2D eigenvalue weighted by Gasteiger charge is -1.76. The van der Waals surface area contributed by atoms with Crippen molar-refractivity contribution in [1.82, 2.24) is 0 Å². The molecule has 0 spiro atoms. The Morgan fingerprint density at radius 1 is 1.50 bits per heavy atom. The minimum Gasteiger partial charge on any atom is -0.499 e. The Bertz CT molecular complexity index is 176. The van der Waals surface area contributed by atoms with Crippen LogP contribution < -0.4 is 0 Å². The van der Waals surface area contributed by atoms with Crippen LogP contribution in [0.1, 0.15) is 0 Å². The molecular formula is C4H3ClO2S. The second kappa shape index (κ2) is 1.84. The maximum absolute atomic E-state index is 8.67. The first-order valence-electron chi connectivity index (χ1n) is 1.87. The van der Waals surface area contributed by atoms with Crippen LogP contribution in [-0.4, -0.2) is 10.2 Å². The van der Waals surface area contributed by atoms with Gasteiger partial charge in [-0.15, -0.1) is 0 Å². The Morgan fingerprint density at radius 2 is 2.12 bits per heavy atom. The van der Waals surface area contributed by atoms with Crippen LogP contribution in [0.25, 0.3) is 0 Å². The van der Waals surface area contributed by atoms with Gasteiger partial charge in [0.15, 0.2) is 10.1 Å². The van der Waals surface area contributed by atoms with Crippen LogP contribution in [0.4, 0.5) is 0 Å². The maximum atomic E-state index is 8.67. The summed E-state index contributed by atoms with van der Waals surface area (Å²) in [5.41, 5.74) is 0. The Balaban J connectivity index is 3.14. The van der Waals surface area contributed by atoms with Gasteiger partial charge in [0.25, 0.3) is 0 Å². The van der Waals surface area contributed by atoms with Gasteiger partial charge in [0.2, 0.25) is 0 Å². The van der Waals surface area contributed by atoms with Crippen molar-refractivity contribution in [3.63, 3.8) is 0 Å². The predicted molar refractivity (Wildman–Crippen MR) is 32.7 cm³/mol. The molecular weight excluding hydrogens is 148 g/mol. The Labute approximate surface area is 55.0 Å². The SMILES string of the molecule is Oc1cc(Cl)c(O)s1. The molecule has 0 aliphatic heterocycles. The number of rotatable bonds is 0. The maximum Gasteiger partial charge on any atom is 0.193 e. The highest BCUT2D eigenvalue weighted by Crippen LogP contribution is 2.37. The van der Waals surface area contributed by atoms with Crippen molar-refractivity contribution in [3.8, 4) is 10.1 Å². The third-order valence-electron chi connectivity index (χ3n) is 0.656. The van der Waals surface area contributed by atoms with Crippen molar-refractivity contribution in [2.75, 3.05) is 0 Å². The first kappa shape index (κ1) is 5.72. The molecule has 0 saturated heterocycles. The molecule has 8 heavy (non-hydrogen) atoms. The normalized spacial score (nSPS) is 9.62. The number of hydrogen-bond acceptors (Lipinski definition) is 3. The third kappa shape index (κ3) is 0.877. The zero-order valence-electron chi connectivity index (χ0n) is 3.76. The van der Waals surface area contributed by atoms with Gasteiger partial charge in [-0.2, -0.15) is 0 Å². The molecule has 1 aromatic heterocycles. The Kier molecular flexibility index (Phi) is 1.31. The zero-order valence-corrected chi connectivity index (χ0v) is 5.33. The number of hydrogen-bond donors (Lipinski definition) is 2. The van der Waals surface area contributed by atoms with Crippen molar-refractivity contribution >= 4 is 22.9 Å². The summed E-state index contributed by atoms with van der Waals surface area (Å²) < 4.78 is 0. The summed E-state index contributed by atoms with van der Waals surface area (Å²) in [5, 5.41) is 17.5.